The monoisotopic (exact) mass is 262 g/mol. The standard InChI is InChI=1S/C10H18N2O2S2/c1-4-8-5-6-9(15-8)16(13,14)12-10(2,3)7-11/h5-6,12H,4,7,11H2,1-3H3. The Labute approximate surface area is 101 Å². The second-order valence-electron chi connectivity index (χ2n) is 4.27. The molecule has 0 unspecified atom stereocenters. The van der Waals surface area contributed by atoms with E-state index in [2.05, 4.69) is 4.72 Å². The highest BCUT2D eigenvalue weighted by molar-refractivity contribution is 7.91. The van der Waals surface area contributed by atoms with Gasteiger partial charge in [0, 0.05) is 17.0 Å². The summed E-state index contributed by atoms with van der Waals surface area (Å²) in [4.78, 5) is 1.06. The van der Waals surface area contributed by atoms with Crippen molar-refractivity contribution in [1.82, 2.24) is 4.72 Å². The average Bonchev–Trinajstić information content (AvgIpc) is 2.65. The van der Waals surface area contributed by atoms with Crippen molar-refractivity contribution in [2.75, 3.05) is 6.54 Å². The molecule has 0 amide bonds. The number of nitrogens with one attached hydrogen (secondary N) is 1. The van der Waals surface area contributed by atoms with Crippen LogP contribution in [0.1, 0.15) is 25.6 Å². The van der Waals surface area contributed by atoms with Crippen LogP contribution in [0.25, 0.3) is 0 Å². The van der Waals surface area contributed by atoms with Crippen molar-refractivity contribution in [1.29, 1.82) is 0 Å². The van der Waals surface area contributed by atoms with Crippen LogP contribution < -0.4 is 10.5 Å². The summed E-state index contributed by atoms with van der Waals surface area (Å²) >= 11 is 1.30. The Morgan fingerprint density at radius 3 is 2.50 bits per heavy atom. The summed E-state index contributed by atoms with van der Waals surface area (Å²) in [5.41, 5.74) is 4.88. The SMILES string of the molecule is CCc1ccc(S(=O)(=O)NC(C)(C)CN)s1. The molecule has 4 nitrogen and oxygen atoms in total. The van der Waals surface area contributed by atoms with Crippen LogP contribution in [0.15, 0.2) is 16.3 Å². The summed E-state index contributed by atoms with van der Waals surface area (Å²) in [7, 11) is -3.43. The van der Waals surface area contributed by atoms with Gasteiger partial charge in [0.25, 0.3) is 10.0 Å². The molecule has 0 radical (unpaired) electrons. The van der Waals surface area contributed by atoms with E-state index in [4.69, 9.17) is 5.73 Å². The molecule has 6 heteroatoms. The molecule has 0 aromatic carbocycles. The normalized spacial score (nSPS) is 13.0. The van der Waals surface area contributed by atoms with Crippen molar-refractivity contribution in [2.24, 2.45) is 5.73 Å². The van der Waals surface area contributed by atoms with Gasteiger partial charge in [-0.2, -0.15) is 0 Å². The fourth-order valence-corrected chi connectivity index (χ4v) is 3.87. The molecule has 3 N–H and O–H groups in total. The second-order valence-corrected chi connectivity index (χ2v) is 7.35. The van der Waals surface area contributed by atoms with Gasteiger partial charge in [0.15, 0.2) is 0 Å². The quantitative estimate of drug-likeness (QED) is 0.841. The van der Waals surface area contributed by atoms with Gasteiger partial charge >= 0.3 is 0 Å². The molecule has 0 aliphatic heterocycles. The number of aryl methyl sites for hydroxylation is 1. The van der Waals surface area contributed by atoms with E-state index in [0.29, 0.717) is 4.21 Å². The van der Waals surface area contributed by atoms with Gasteiger partial charge in [0.05, 0.1) is 0 Å². The summed E-state index contributed by atoms with van der Waals surface area (Å²) in [6.45, 7) is 5.79. The Bertz CT molecular complexity index is 449. The molecule has 0 bridgehead atoms. The van der Waals surface area contributed by atoms with E-state index in [1.807, 2.05) is 13.0 Å². The average molecular weight is 262 g/mol. The fraction of sp³-hybridized carbons (Fsp3) is 0.600. The van der Waals surface area contributed by atoms with Crippen molar-refractivity contribution in [2.45, 2.75) is 36.9 Å². The Kier molecular flexibility index (Phi) is 4.12. The first-order chi connectivity index (χ1) is 7.30. The Morgan fingerprint density at radius 2 is 2.06 bits per heavy atom. The third kappa shape index (κ3) is 3.28. The van der Waals surface area contributed by atoms with Crippen molar-refractivity contribution >= 4 is 21.4 Å². The lowest BCUT2D eigenvalue weighted by atomic mass is 10.1. The smallest absolute Gasteiger partial charge is 0.250 e. The number of thiophene rings is 1. The minimum Gasteiger partial charge on any atom is -0.329 e. The van der Waals surface area contributed by atoms with Gasteiger partial charge in [0.1, 0.15) is 4.21 Å². The maximum atomic E-state index is 12.0. The van der Waals surface area contributed by atoms with Gasteiger partial charge in [-0.3, -0.25) is 0 Å². The molecule has 92 valence electrons. The van der Waals surface area contributed by atoms with Gasteiger partial charge in [-0.1, -0.05) is 6.92 Å². The van der Waals surface area contributed by atoms with Crippen molar-refractivity contribution in [3.63, 3.8) is 0 Å². The Morgan fingerprint density at radius 1 is 1.44 bits per heavy atom. The molecule has 16 heavy (non-hydrogen) atoms. The predicted octanol–water partition coefficient (Wildman–Crippen LogP) is 1.33. The van der Waals surface area contributed by atoms with Crippen LogP contribution in [0.2, 0.25) is 0 Å². The number of rotatable bonds is 5. The summed E-state index contributed by atoms with van der Waals surface area (Å²) in [5.74, 6) is 0. The van der Waals surface area contributed by atoms with Gasteiger partial charge in [-0.25, -0.2) is 13.1 Å². The van der Waals surface area contributed by atoms with Crippen molar-refractivity contribution in [3.8, 4) is 0 Å². The minimum atomic E-state index is -3.43. The lowest BCUT2D eigenvalue weighted by molar-refractivity contribution is 0.463. The van der Waals surface area contributed by atoms with E-state index in [1.54, 1.807) is 19.9 Å². The molecule has 1 heterocycles. The van der Waals surface area contributed by atoms with Crippen LogP contribution in [-0.2, 0) is 16.4 Å². The largest absolute Gasteiger partial charge is 0.329 e. The minimum absolute atomic E-state index is 0.262. The third-order valence-electron chi connectivity index (χ3n) is 2.17. The molecule has 0 aliphatic rings. The molecular weight excluding hydrogens is 244 g/mol. The molecule has 0 aliphatic carbocycles. The zero-order valence-corrected chi connectivity index (χ0v) is 11.4. The van der Waals surface area contributed by atoms with E-state index in [-0.39, 0.29) is 6.54 Å². The first-order valence-electron chi connectivity index (χ1n) is 5.13. The van der Waals surface area contributed by atoms with Crippen LogP contribution in [0.3, 0.4) is 0 Å². The molecular formula is C10H18N2O2S2. The lowest BCUT2D eigenvalue weighted by Crippen LogP contribution is -2.48. The first-order valence-corrected chi connectivity index (χ1v) is 7.43. The molecule has 0 atom stereocenters. The van der Waals surface area contributed by atoms with Gasteiger partial charge < -0.3 is 5.73 Å². The van der Waals surface area contributed by atoms with Crippen LogP contribution in [0, 0.1) is 0 Å². The highest BCUT2D eigenvalue weighted by atomic mass is 32.2. The van der Waals surface area contributed by atoms with E-state index in [9.17, 15) is 8.42 Å². The van der Waals surface area contributed by atoms with E-state index >= 15 is 0 Å². The fourth-order valence-electron chi connectivity index (χ4n) is 1.15. The maximum Gasteiger partial charge on any atom is 0.250 e. The number of nitrogens with two attached hydrogens (primary N) is 1. The van der Waals surface area contributed by atoms with E-state index < -0.39 is 15.6 Å². The Balaban J connectivity index is 2.94. The first kappa shape index (κ1) is 13.6. The second kappa shape index (κ2) is 4.83. The maximum absolute atomic E-state index is 12.0. The Hall–Kier alpha value is -0.430. The summed E-state index contributed by atoms with van der Waals surface area (Å²) in [5, 5.41) is 0. The molecule has 0 spiro atoms. The van der Waals surface area contributed by atoms with Crippen LogP contribution in [0.5, 0.6) is 0 Å². The van der Waals surface area contributed by atoms with Crippen LogP contribution >= 0.6 is 11.3 Å². The molecule has 0 fully saturated rings. The van der Waals surface area contributed by atoms with E-state index in [0.717, 1.165) is 11.3 Å². The van der Waals surface area contributed by atoms with Gasteiger partial charge in [-0.15, -0.1) is 11.3 Å². The van der Waals surface area contributed by atoms with Crippen LogP contribution in [-0.4, -0.2) is 20.5 Å². The lowest BCUT2D eigenvalue weighted by Gasteiger charge is -2.23. The number of hydrogen-bond acceptors (Lipinski definition) is 4. The van der Waals surface area contributed by atoms with Gasteiger partial charge in [-0.05, 0) is 32.4 Å². The molecule has 1 aromatic rings. The predicted molar refractivity (Wildman–Crippen MR) is 67.2 cm³/mol. The zero-order valence-electron chi connectivity index (χ0n) is 9.78. The van der Waals surface area contributed by atoms with Crippen LogP contribution in [0.4, 0.5) is 0 Å². The van der Waals surface area contributed by atoms with Gasteiger partial charge in [0.2, 0.25) is 0 Å². The number of sulfonamides is 1. The molecule has 1 rings (SSSR count). The highest BCUT2D eigenvalue weighted by Gasteiger charge is 2.25. The number of hydrogen-bond donors (Lipinski definition) is 2. The van der Waals surface area contributed by atoms with Crippen molar-refractivity contribution in [3.05, 3.63) is 17.0 Å². The molecule has 1 aromatic heterocycles. The summed E-state index contributed by atoms with van der Waals surface area (Å²) in [6.07, 6.45) is 0.848. The molecule has 0 saturated carbocycles. The van der Waals surface area contributed by atoms with Crippen molar-refractivity contribution < 1.29 is 8.42 Å². The molecule has 0 saturated heterocycles. The highest BCUT2D eigenvalue weighted by Crippen LogP contribution is 2.22. The zero-order chi connectivity index (χ0) is 12.4. The summed E-state index contributed by atoms with van der Waals surface area (Å²) in [6, 6.07) is 3.48. The third-order valence-corrected chi connectivity index (χ3v) is 5.59. The van der Waals surface area contributed by atoms with E-state index in [1.165, 1.54) is 11.3 Å². The topological polar surface area (TPSA) is 72.2 Å². The summed E-state index contributed by atoms with van der Waals surface area (Å²) < 4.78 is 26.9.